The molecule has 5 nitrogen and oxygen atoms in total. The normalized spacial score (nSPS) is 31.1. The SMILES string of the molecule is NNN1CC2(CCN(N)C2)C1. The van der Waals surface area contributed by atoms with Crippen molar-refractivity contribution in [2.24, 2.45) is 17.1 Å². The molecule has 2 rings (SSSR count). The minimum Gasteiger partial charge on any atom is -0.269 e. The minimum absolute atomic E-state index is 0.446. The Bertz CT molecular complexity index is 153. The molecule has 2 heterocycles. The van der Waals surface area contributed by atoms with E-state index in [1.54, 1.807) is 0 Å². The molecule has 5 N–H and O–H groups in total. The molecular formula is C6H15N5. The van der Waals surface area contributed by atoms with Crippen LogP contribution in [-0.4, -0.2) is 36.2 Å². The fraction of sp³-hybridized carbons (Fsp3) is 1.00. The first-order valence-electron chi connectivity index (χ1n) is 3.95. The van der Waals surface area contributed by atoms with Crippen molar-refractivity contribution < 1.29 is 0 Å². The molecule has 64 valence electrons. The maximum atomic E-state index is 5.67. The summed E-state index contributed by atoms with van der Waals surface area (Å²) in [5, 5.41) is 3.91. The molecule has 0 aliphatic carbocycles. The van der Waals surface area contributed by atoms with Crippen molar-refractivity contribution in [3.63, 3.8) is 0 Å². The summed E-state index contributed by atoms with van der Waals surface area (Å²) in [6.07, 6.45) is 1.21. The van der Waals surface area contributed by atoms with Crippen LogP contribution in [0.1, 0.15) is 6.42 Å². The predicted molar refractivity (Wildman–Crippen MR) is 41.7 cm³/mol. The van der Waals surface area contributed by atoms with E-state index < -0.39 is 0 Å². The number of nitrogens with zero attached hydrogens (tertiary/aromatic N) is 2. The average Bonchev–Trinajstić information content (AvgIpc) is 2.28. The monoisotopic (exact) mass is 157 g/mol. The molecule has 0 aromatic carbocycles. The second kappa shape index (κ2) is 2.40. The van der Waals surface area contributed by atoms with E-state index in [1.807, 2.05) is 10.0 Å². The molecule has 2 saturated heterocycles. The lowest BCUT2D eigenvalue weighted by Gasteiger charge is -2.46. The first-order valence-corrected chi connectivity index (χ1v) is 3.95. The summed E-state index contributed by atoms with van der Waals surface area (Å²) in [5.41, 5.74) is 3.09. The zero-order valence-corrected chi connectivity index (χ0v) is 6.58. The van der Waals surface area contributed by atoms with Crippen molar-refractivity contribution in [3.05, 3.63) is 0 Å². The molecule has 11 heavy (non-hydrogen) atoms. The van der Waals surface area contributed by atoms with Crippen LogP contribution >= 0.6 is 0 Å². The lowest BCUT2D eigenvalue weighted by molar-refractivity contribution is -0.0320. The second-order valence-electron chi connectivity index (χ2n) is 3.71. The van der Waals surface area contributed by atoms with E-state index in [0.717, 1.165) is 26.2 Å². The topological polar surface area (TPSA) is 70.5 Å². The Morgan fingerprint density at radius 2 is 2.00 bits per heavy atom. The molecule has 2 fully saturated rings. The van der Waals surface area contributed by atoms with Crippen LogP contribution in [0.5, 0.6) is 0 Å². The zero-order chi connectivity index (χ0) is 7.90. The van der Waals surface area contributed by atoms with Crippen LogP contribution < -0.4 is 17.2 Å². The number of hydrazine groups is 3. The molecule has 0 bridgehead atoms. The smallest absolute Gasteiger partial charge is 0.0227 e. The summed E-state index contributed by atoms with van der Waals surface area (Å²) >= 11 is 0. The standard InChI is InChI=1S/C6H15N5/c7-9-11-4-6(5-11)1-2-10(8)3-6/h9H,1-5,7-8H2. The maximum absolute atomic E-state index is 5.67. The highest BCUT2D eigenvalue weighted by atomic mass is 15.7. The van der Waals surface area contributed by atoms with E-state index in [-0.39, 0.29) is 0 Å². The minimum atomic E-state index is 0.446. The Morgan fingerprint density at radius 3 is 2.45 bits per heavy atom. The van der Waals surface area contributed by atoms with E-state index in [9.17, 15) is 0 Å². The fourth-order valence-corrected chi connectivity index (χ4v) is 2.08. The van der Waals surface area contributed by atoms with Gasteiger partial charge >= 0.3 is 0 Å². The van der Waals surface area contributed by atoms with Gasteiger partial charge < -0.3 is 0 Å². The fourth-order valence-electron chi connectivity index (χ4n) is 2.08. The Kier molecular flexibility index (Phi) is 1.62. The van der Waals surface area contributed by atoms with Crippen molar-refractivity contribution in [2.45, 2.75) is 6.42 Å². The number of nitrogens with one attached hydrogen (secondary N) is 1. The van der Waals surface area contributed by atoms with Gasteiger partial charge in [0.1, 0.15) is 0 Å². The highest BCUT2D eigenvalue weighted by molar-refractivity contribution is 4.98. The van der Waals surface area contributed by atoms with Crippen LogP contribution in [-0.2, 0) is 0 Å². The van der Waals surface area contributed by atoms with Gasteiger partial charge in [-0.25, -0.2) is 10.0 Å². The predicted octanol–water partition coefficient (Wildman–Crippen LogP) is -1.75. The van der Waals surface area contributed by atoms with Crippen molar-refractivity contribution >= 4 is 0 Å². The summed E-state index contributed by atoms with van der Waals surface area (Å²) < 4.78 is 0. The second-order valence-corrected chi connectivity index (χ2v) is 3.71. The maximum Gasteiger partial charge on any atom is 0.0227 e. The number of hydrogen-bond acceptors (Lipinski definition) is 5. The van der Waals surface area contributed by atoms with Gasteiger partial charge in [-0.15, -0.1) is 0 Å². The van der Waals surface area contributed by atoms with Crippen LogP contribution in [0.2, 0.25) is 0 Å². The molecule has 0 atom stereocenters. The largest absolute Gasteiger partial charge is 0.269 e. The Morgan fingerprint density at radius 1 is 1.27 bits per heavy atom. The van der Waals surface area contributed by atoms with Gasteiger partial charge in [-0.1, -0.05) is 0 Å². The van der Waals surface area contributed by atoms with Gasteiger partial charge in [0, 0.05) is 31.6 Å². The van der Waals surface area contributed by atoms with Crippen LogP contribution in [0.4, 0.5) is 0 Å². The zero-order valence-electron chi connectivity index (χ0n) is 6.58. The molecule has 0 amide bonds. The summed E-state index contributed by atoms with van der Waals surface area (Å²) in [4.78, 5) is 0. The van der Waals surface area contributed by atoms with Crippen molar-refractivity contribution in [1.82, 2.24) is 15.6 Å². The molecule has 0 unspecified atom stereocenters. The molecule has 5 heteroatoms. The van der Waals surface area contributed by atoms with Gasteiger partial charge in [-0.3, -0.25) is 11.7 Å². The molecule has 2 aliphatic rings. The first-order chi connectivity index (χ1) is 5.24. The molecule has 0 radical (unpaired) electrons. The lowest BCUT2D eigenvalue weighted by Crippen LogP contribution is -2.64. The van der Waals surface area contributed by atoms with Crippen LogP contribution in [0.25, 0.3) is 0 Å². The third-order valence-corrected chi connectivity index (χ3v) is 2.70. The summed E-state index contributed by atoms with van der Waals surface area (Å²) in [6, 6.07) is 0. The molecule has 1 spiro atoms. The van der Waals surface area contributed by atoms with Crippen molar-refractivity contribution in [2.75, 3.05) is 26.2 Å². The van der Waals surface area contributed by atoms with Gasteiger partial charge in [0.05, 0.1) is 0 Å². The van der Waals surface area contributed by atoms with Gasteiger partial charge in [0.25, 0.3) is 0 Å². The third kappa shape index (κ3) is 1.15. The van der Waals surface area contributed by atoms with E-state index in [4.69, 9.17) is 11.7 Å². The van der Waals surface area contributed by atoms with Crippen LogP contribution in [0, 0.1) is 5.41 Å². The van der Waals surface area contributed by atoms with Gasteiger partial charge in [0.15, 0.2) is 0 Å². The van der Waals surface area contributed by atoms with E-state index in [0.29, 0.717) is 5.41 Å². The summed E-state index contributed by atoms with van der Waals surface area (Å²) in [7, 11) is 0. The quantitative estimate of drug-likeness (QED) is 0.311. The lowest BCUT2D eigenvalue weighted by atomic mass is 9.80. The van der Waals surface area contributed by atoms with Crippen LogP contribution in [0.15, 0.2) is 0 Å². The Balaban J connectivity index is 1.87. The van der Waals surface area contributed by atoms with Crippen molar-refractivity contribution in [3.8, 4) is 0 Å². The van der Waals surface area contributed by atoms with E-state index in [2.05, 4.69) is 5.53 Å². The average molecular weight is 157 g/mol. The van der Waals surface area contributed by atoms with Crippen LogP contribution in [0.3, 0.4) is 0 Å². The third-order valence-electron chi connectivity index (χ3n) is 2.70. The van der Waals surface area contributed by atoms with Gasteiger partial charge in [-0.05, 0) is 6.42 Å². The summed E-state index contributed by atoms with van der Waals surface area (Å²) in [5.74, 6) is 10.9. The van der Waals surface area contributed by atoms with Gasteiger partial charge in [0.2, 0.25) is 0 Å². The number of rotatable bonds is 1. The molecule has 2 aliphatic heterocycles. The molecule has 0 aromatic rings. The highest BCUT2D eigenvalue weighted by Crippen LogP contribution is 2.36. The first kappa shape index (κ1) is 7.45. The highest BCUT2D eigenvalue weighted by Gasteiger charge is 2.46. The van der Waals surface area contributed by atoms with Gasteiger partial charge in [-0.2, -0.15) is 5.53 Å². The van der Waals surface area contributed by atoms with E-state index >= 15 is 0 Å². The molecule has 0 saturated carbocycles. The number of nitrogens with two attached hydrogens (primary N) is 2. The number of hydrogen-bond donors (Lipinski definition) is 3. The van der Waals surface area contributed by atoms with E-state index in [1.165, 1.54) is 6.42 Å². The summed E-state index contributed by atoms with van der Waals surface area (Å²) in [6.45, 7) is 4.12. The van der Waals surface area contributed by atoms with Crippen molar-refractivity contribution in [1.29, 1.82) is 0 Å². The molecular weight excluding hydrogens is 142 g/mol. The Hall–Kier alpha value is -0.200. The Labute approximate surface area is 66.2 Å². The molecule has 0 aromatic heterocycles.